The first kappa shape index (κ1) is 83.5. The molecule has 8 atom stereocenters. The van der Waals surface area contributed by atoms with Crippen LogP contribution in [0.5, 0.6) is 0 Å². The predicted molar refractivity (Wildman–Crippen MR) is 366 cm³/mol. The van der Waals surface area contributed by atoms with Gasteiger partial charge >= 0.3 is 5.69 Å². The van der Waals surface area contributed by atoms with E-state index >= 15 is 0 Å². The second-order valence-electron chi connectivity index (χ2n) is 23.0. The molecule has 1 rings (SSSR count). The number of ketones is 4. The van der Waals surface area contributed by atoms with Crippen LogP contribution in [0.15, 0.2) is 38.3 Å². The van der Waals surface area contributed by atoms with Crippen molar-refractivity contribution in [2.24, 2.45) is 107 Å². The zero-order chi connectivity index (χ0) is 70.7. The summed E-state index contributed by atoms with van der Waals surface area (Å²) in [5, 5.41) is 50.9. The number of unbranched alkanes of at least 4 members (excludes halogenated alkanes) is 4. The zero-order valence-electron chi connectivity index (χ0n) is 53.6. The number of nitrogens with two attached hydrogens (primary N) is 12. The number of aliphatic imine (C=N–C) groups is 3. The first-order chi connectivity index (χ1) is 44.4. The van der Waals surface area contributed by atoms with Crippen LogP contribution in [-0.4, -0.2) is 147 Å². The van der Waals surface area contributed by atoms with Gasteiger partial charge in [-0.15, -0.1) is 0 Å². The number of primary amides is 1. The summed E-state index contributed by atoms with van der Waals surface area (Å²) in [6.45, 7) is 0.130. The topological polar surface area (TPSA) is 673 Å². The number of amides is 4. The number of rotatable bonds is 56. The van der Waals surface area contributed by atoms with Crippen LogP contribution in [0, 0.1) is 55.4 Å². The molecule has 0 aliphatic heterocycles. The van der Waals surface area contributed by atoms with Gasteiger partial charge in [0.15, 0.2) is 46.0 Å². The van der Waals surface area contributed by atoms with Crippen molar-refractivity contribution in [1.29, 1.82) is 21.6 Å². The SMILES string of the molecule is N=C(N)CCCC[C@H](CC(=O)[C@H](CCCN=C(N)N)NC(=O)[C@H](CCCCC(=N)N)CC(=O)[C@H](CCCN=C(N)N)NC(=O)[C@H](CCCCC(=N)N)CC(=O)[C@H](CCCN=C(N)N)NC(=O)[C@H](CCCCC(=N)N)CC(=O)[C@@H](N)CSSc1ncccc1[N+](=O)[O-])C(N)=O. The molecule has 36 heteroatoms. The fraction of sp³-hybridized carbons (Fsp3) is 0.655. The molecule has 1 heterocycles. The molecule has 0 aromatic carbocycles. The van der Waals surface area contributed by atoms with Crippen LogP contribution < -0.4 is 84.8 Å². The third kappa shape index (κ3) is 38.5. The molecule has 34 nitrogen and oxygen atoms in total. The lowest BCUT2D eigenvalue weighted by Crippen LogP contribution is -2.48. The van der Waals surface area contributed by atoms with E-state index in [0.29, 0.717) is 44.9 Å². The highest BCUT2D eigenvalue weighted by molar-refractivity contribution is 8.76. The second-order valence-corrected chi connectivity index (χ2v) is 25.4. The summed E-state index contributed by atoms with van der Waals surface area (Å²) < 4.78 is 0. The number of hydrogen-bond donors (Lipinski definition) is 19. The highest BCUT2D eigenvalue weighted by Crippen LogP contribution is 2.36. The number of hydrogen-bond acceptors (Lipinski definition) is 21. The van der Waals surface area contributed by atoms with Gasteiger partial charge in [0.2, 0.25) is 23.6 Å². The van der Waals surface area contributed by atoms with E-state index in [4.69, 9.17) is 90.4 Å². The Kier molecular flexibility index (Phi) is 42.1. The molecule has 94 heavy (non-hydrogen) atoms. The van der Waals surface area contributed by atoms with E-state index < -0.39 is 112 Å². The Morgan fingerprint density at radius 3 is 1.11 bits per heavy atom. The Labute approximate surface area is 556 Å². The Morgan fingerprint density at radius 1 is 0.479 bits per heavy atom. The summed E-state index contributed by atoms with van der Waals surface area (Å²) >= 11 is 0. The van der Waals surface area contributed by atoms with Gasteiger partial charge < -0.3 is 84.8 Å². The lowest BCUT2D eigenvalue weighted by molar-refractivity contribution is -0.388. The molecule has 526 valence electrons. The number of carbonyl (C=O) groups is 8. The van der Waals surface area contributed by atoms with Crippen LogP contribution in [0.3, 0.4) is 0 Å². The third-order valence-electron chi connectivity index (χ3n) is 15.0. The minimum Gasteiger partial charge on any atom is -0.388 e. The van der Waals surface area contributed by atoms with Gasteiger partial charge in [-0.2, -0.15) is 0 Å². The van der Waals surface area contributed by atoms with E-state index in [-0.39, 0.29) is 186 Å². The largest absolute Gasteiger partial charge is 0.388 e. The number of Topliss-reactive ketones (excluding diaryl/α,β-unsaturated/α-hetero) is 4. The van der Waals surface area contributed by atoms with E-state index in [0.717, 1.165) is 21.6 Å². The molecular weight excluding hydrogens is 1260 g/mol. The summed E-state index contributed by atoms with van der Waals surface area (Å²) in [5.41, 5.74) is 67.8. The Morgan fingerprint density at radius 2 is 0.798 bits per heavy atom. The standard InChI is InChI=1S/C58H102N24O10S2/c59-38(33-93-94-55-42(82(91)92)20-12-25-75-55)43(83)30-35(14-2-6-22-48(62)63)52(88)80-40(18-10-27-77-57(71)72)45(85)32-37(16-4-8-24-50(66)67)54(90)81-41(19-11-28-78-58(73)74)46(86)31-36(15-3-7-23-49(64)65)53(89)79-39(17-9-26-76-56(69)70)44(84)29-34(51(68)87)13-1-5-21-47(60)61/h12,20,25,34-41H,1-11,13-19,21-24,26-33,59H2,(H3,60,61)(H3,62,63)(H3,64,65)(H3,66,67)(H2,68,87)(H,79,89)(H,80,88)(H,81,90)(H4,69,70,76)(H4,71,72,77)(H4,73,74,78)/t34-,35-,36-,37-,38+,39+,40+,41+/m1/s1. The smallest absolute Gasteiger partial charge is 0.302 e. The van der Waals surface area contributed by atoms with Gasteiger partial charge in [0.1, 0.15) is 0 Å². The fourth-order valence-electron chi connectivity index (χ4n) is 9.86. The molecule has 4 amide bonds. The number of guanidine groups is 3. The molecule has 0 bridgehead atoms. The van der Waals surface area contributed by atoms with E-state index in [9.17, 15) is 48.5 Å². The van der Waals surface area contributed by atoms with Crippen LogP contribution in [0.4, 0.5) is 5.69 Å². The van der Waals surface area contributed by atoms with Gasteiger partial charge in [-0.05, 0) is 107 Å². The monoisotopic (exact) mass is 1360 g/mol. The van der Waals surface area contributed by atoms with E-state index in [1.54, 1.807) is 0 Å². The number of nitrogens with one attached hydrogen (secondary N) is 7. The van der Waals surface area contributed by atoms with Gasteiger partial charge in [-0.3, -0.25) is 85.1 Å². The van der Waals surface area contributed by atoms with Crippen LogP contribution >= 0.6 is 21.6 Å². The number of amidine groups is 4. The number of pyridine rings is 1. The molecule has 0 radical (unpaired) electrons. The predicted octanol–water partition coefficient (Wildman–Crippen LogP) is 0.445. The molecule has 0 saturated heterocycles. The van der Waals surface area contributed by atoms with Crippen LogP contribution in [0.25, 0.3) is 0 Å². The van der Waals surface area contributed by atoms with Gasteiger partial charge in [-0.25, -0.2) is 4.98 Å². The Balaban J connectivity index is 3.82. The second kappa shape index (κ2) is 47.4. The van der Waals surface area contributed by atoms with Crippen molar-refractivity contribution in [3.8, 4) is 0 Å². The van der Waals surface area contributed by atoms with Crippen molar-refractivity contribution in [3.05, 3.63) is 28.4 Å². The average molecular weight is 1360 g/mol. The normalized spacial score (nSPS) is 13.5. The summed E-state index contributed by atoms with van der Waals surface area (Å²) in [7, 11) is 2.01. The van der Waals surface area contributed by atoms with Crippen molar-refractivity contribution in [1.82, 2.24) is 20.9 Å². The first-order valence-electron chi connectivity index (χ1n) is 31.3. The highest BCUT2D eigenvalue weighted by Gasteiger charge is 2.35. The van der Waals surface area contributed by atoms with Gasteiger partial charge in [0.05, 0.1) is 52.4 Å². The Hall–Kier alpha value is -8.54. The minimum absolute atomic E-state index is 0.0154. The van der Waals surface area contributed by atoms with Crippen molar-refractivity contribution in [2.45, 2.75) is 196 Å². The van der Waals surface area contributed by atoms with Crippen molar-refractivity contribution in [3.63, 3.8) is 0 Å². The van der Waals surface area contributed by atoms with Gasteiger partial charge in [0.25, 0.3) is 0 Å². The maximum Gasteiger partial charge on any atom is 0.302 e. The summed E-state index contributed by atoms with van der Waals surface area (Å²) in [6, 6.07) is -2.25. The molecule has 0 aliphatic rings. The van der Waals surface area contributed by atoms with E-state index in [1.165, 1.54) is 18.3 Å². The van der Waals surface area contributed by atoms with E-state index in [1.807, 2.05) is 0 Å². The molecule has 0 aliphatic carbocycles. The maximum atomic E-state index is 14.8. The Bertz CT molecular complexity index is 2780. The first-order valence-corrected chi connectivity index (χ1v) is 33.7. The van der Waals surface area contributed by atoms with E-state index in [2.05, 4.69) is 35.9 Å². The molecule has 1 aromatic heterocycles. The average Bonchev–Trinajstić information content (AvgIpc) is 0.974. The molecular formula is C58H102N24O10S2. The van der Waals surface area contributed by atoms with Crippen molar-refractivity contribution in [2.75, 3.05) is 25.4 Å². The number of aromatic nitrogens is 1. The maximum absolute atomic E-state index is 14.8. The summed E-state index contributed by atoms with van der Waals surface area (Å²) in [4.78, 5) is 141. The van der Waals surface area contributed by atoms with Crippen LogP contribution in [0.1, 0.15) is 167 Å². The fourth-order valence-corrected chi connectivity index (χ4v) is 12.1. The van der Waals surface area contributed by atoms with Crippen LogP contribution in [-0.2, 0) is 38.4 Å². The minimum atomic E-state index is -1.33. The third-order valence-corrected chi connectivity index (χ3v) is 17.3. The molecule has 31 N–H and O–H groups in total. The van der Waals surface area contributed by atoms with Crippen LogP contribution in [0.2, 0.25) is 0 Å². The molecule has 0 spiro atoms. The highest BCUT2D eigenvalue weighted by atomic mass is 33.1. The molecule has 0 fully saturated rings. The lowest BCUT2D eigenvalue weighted by atomic mass is 9.88. The number of carbonyl (C=O) groups excluding carboxylic acids is 8. The van der Waals surface area contributed by atoms with Crippen molar-refractivity contribution < 1.29 is 43.3 Å². The molecule has 1 aromatic rings. The van der Waals surface area contributed by atoms with Gasteiger partial charge in [0, 0.05) is 113 Å². The quantitative estimate of drug-likeness (QED) is 0.0105. The molecule has 0 unspecified atom stereocenters. The van der Waals surface area contributed by atoms with Crippen molar-refractivity contribution >= 4 is 115 Å². The number of nitro groups is 1. The summed E-state index contributed by atoms with van der Waals surface area (Å²) in [6.07, 6.45) is 4.14. The zero-order valence-corrected chi connectivity index (χ0v) is 55.3. The van der Waals surface area contributed by atoms with Gasteiger partial charge in [-0.1, -0.05) is 36.5 Å². The summed E-state index contributed by atoms with van der Waals surface area (Å²) in [5.74, 6) is -10.5. The lowest BCUT2D eigenvalue weighted by Gasteiger charge is -2.27. The number of nitrogens with zero attached hydrogens (tertiary/aromatic N) is 5. The molecule has 0 saturated carbocycles.